The number of hydrogen-bond donors (Lipinski definition) is 2. The number of carbonyl (C=O) groups is 4. The first-order chi connectivity index (χ1) is 14.2. The van der Waals surface area contributed by atoms with Crippen molar-refractivity contribution in [2.24, 2.45) is 13.0 Å². The average molecular weight is 434 g/mol. The minimum absolute atomic E-state index is 0.0841. The van der Waals surface area contributed by atoms with E-state index in [2.05, 4.69) is 10.6 Å². The molecule has 2 aromatic rings. The van der Waals surface area contributed by atoms with Crippen molar-refractivity contribution in [2.75, 3.05) is 6.61 Å². The zero-order valence-corrected chi connectivity index (χ0v) is 17.7. The average Bonchev–Trinajstić information content (AvgIpc) is 3.11. The molecule has 0 spiro atoms. The number of carbonyl (C=O) groups excluding carboxylic acids is 4. The number of aromatic nitrogens is 1. The minimum Gasteiger partial charge on any atom is -0.454 e. The number of halogens is 1. The summed E-state index contributed by atoms with van der Waals surface area (Å²) in [4.78, 5) is 48.9. The van der Waals surface area contributed by atoms with Crippen LogP contribution in [0.3, 0.4) is 0 Å². The van der Waals surface area contributed by atoms with E-state index < -0.39 is 36.3 Å². The van der Waals surface area contributed by atoms with Gasteiger partial charge in [-0.05, 0) is 48.7 Å². The van der Waals surface area contributed by atoms with Gasteiger partial charge in [-0.2, -0.15) is 0 Å². The number of rotatable bonds is 8. The summed E-state index contributed by atoms with van der Waals surface area (Å²) in [5.41, 5.74) is 0.634. The molecule has 0 saturated heterocycles. The predicted octanol–water partition coefficient (Wildman–Crippen LogP) is 2.32. The van der Waals surface area contributed by atoms with Gasteiger partial charge < -0.3 is 14.6 Å². The number of amides is 3. The first-order valence-electron chi connectivity index (χ1n) is 9.36. The van der Waals surface area contributed by atoms with Gasteiger partial charge in [-0.15, -0.1) is 0 Å². The van der Waals surface area contributed by atoms with E-state index in [9.17, 15) is 19.2 Å². The van der Waals surface area contributed by atoms with Crippen molar-refractivity contribution < 1.29 is 23.9 Å². The fourth-order valence-corrected chi connectivity index (χ4v) is 2.82. The Bertz CT molecular complexity index is 921. The molecule has 1 atom stereocenters. The van der Waals surface area contributed by atoms with Crippen LogP contribution in [0.2, 0.25) is 5.02 Å². The fraction of sp³-hybridized carbons (Fsp3) is 0.333. The number of nitrogens with one attached hydrogen (secondary N) is 2. The van der Waals surface area contributed by atoms with Crippen LogP contribution in [0.4, 0.5) is 0 Å². The summed E-state index contributed by atoms with van der Waals surface area (Å²) in [6.45, 7) is 3.14. The number of esters is 1. The number of nitrogens with zero attached hydrogens (tertiary/aromatic N) is 1. The van der Waals surface area contributed by atoms with E-state index in [1.165, 1.54) is 12.1 Å². The third-order valence-corrected chi connectivity index (χ3v) is 4.43. The second kappa shape index (κ2) is 10.6. The molecule has 0 fully saturated rings. The van der Waals surface area contributed by atoms with Crippen LogP contribution >= 0.6 is 11.6 Å². The first kappa shape index (κ1) is 23.2. The zero-order chi connectivity index (χ0) is 22.3. The van der Waals surface area contributed by atoms with Crippen LogP contribution in [-0.4, -0.2) is 40.9 Å². The third kappa shape index (κ3) is 6.73. The molecule has 0 saturated carbocycles. The van der Waals surface area contributed by atoms with Gasteiger partial charge in [0.2, 0.25) is 0 Å². The molecule has 160 valence electrons. The second-order valence-corrected chi connectivity index (χ2v) is 7.59. The molecule has 1 aromatic heterocycles. The molecule has 3 amide bonds. The van der Waals surface area contributed by atoms with Crippen LogP contribution in [0.1, 0.15) is 41.1 Å². The lowest BCUT2D eigenvalue weighted by molar-refractivity contribution is -0.150. The van der Waals surface area contributed by atoms with Gasteiger partial charge in [-0.1, -0.05) is 25.4 Å². The second-order valence-electron chi connectivity index (χ2n) is 7.15. The molecule has 0 aliphatic rings. The maximum Gasteiger partial charge on any atom is 0.329 e. The number of hydrogen-bond acceptors (Lipinski definition) is 5. The lowest BCUT2D eigenvalue weighted by atomic mass is 10.0. The van der Waals surface area contributed by atoms with Gasteiger partial charge in [0.05, 0.1) is 0 Å². The minimum atomic E-state index is -0.940. The van der Waals surface area contributed by atoms with Gasteiger partial charge in [0, 0.05) is 23.8 Å². The molecule has 2 N–H and O–H groups in total. The molecular formula is C21H24ClN3O5. The SMILES string of the molecule is CC(C)C[C@H](NC(=O)c1ccc(Cl)cc1)C(=O)OCC(=O)NC(=O)c1cccn1C. The monoisotopic (exact) mass is 433 g/mol. The largest absolute Gasteiger partial charge is 0.454 e. The predicted molar refractivity (Wildman–Crippen MR) is 111 cm³/mol. The first-order valence-corrected chi connectivity index (χ1v) is 9.73. The van der Waals surface area contributed by atoms with Crippen LogP contribution < -0.4 is 10.6 Å². The van der Waals surface area contributed by atoms with E-state index in [1.54, 1.807) is 42.1 Å². The molecule has 0 aliphatic carbocycles. The maximum atomic E-state index is 12.4. The number of imide groups is 1. The standard InChI is InChI=1S/C21H24ClN3O5/c1-13(2)11-16(23-19(27)14-6-8-15(22)9-7-14)21(29)30-12-18(26)24-20(28)17-5-4-10-25(17)3/h4-10,13,16H,11-12H2,1-3H3,(H,23,27)(H,24,26,28)/t16-/m0/s1. The summed E-state index contributed by atoms with van der Waals surface area (Å²) in [5.74, 6) is -2.49. The van der Waals surface area contributed by atoms with E-state index in [1.807, 2.05) is 13.8 Å². The summed E-state index contributed by atoms with van der Waals surface area (Å²) in [5, 5.41) is 5.26. The molecule has 9 heteroatoms. The summed E-state index contributed by atoms with van der Waals surface area (Å²) < 4.78 is 6.58. The summed E-state index contributed by atoms with van der Waals surface area (Å²) in [6.07, 6.45) is 1.99. The molecule has 1 aromatic carbocycles. The highest BCUT2D eigenvalue weighted by Gasteiger charge is 2.25. The van der Waals surface area contributed by atoms with E-state index in [0.29, 0.717) is 22.7 Å². The number of benzene rings is 1. The Labute approximate surface area is 179 Å². The Hall–Kier alpha value is -3.13. The molecule has 0 bridgehead atoms. The van der Waals surface area contributed by atoms with Crippen LogP contribution in [-0.2, 0) is 21.4 Å². The Morgan fingerprint density at radius 1 is 1.07 bits per heavy atom. The molecule has 0 unspecified atom stereocenters. The van der Waals surface area contributed by atoms with E-state index in [4.69, 9.17) is 16.3 Å². The third-order valence-electron chi connectivity index (χ3n) is 4.18. The summed E-state index contributed by atoms with van der Waals surface area (Å²) in [6, 6.07) is 8.50. The van der Waals surface area contributed by atoms with Gasteiger partial charge in [0.25, 0.3) is 17.7 Å². The summed E-state index contributed by atoms with van der Waals surface area (Å²) in [7, 11) is 1.67. The van der Waals surface area contributed by atoms with Crippen molar-refractivity contribution in [1.29, 1.82) is 0 Å². The molecule has 1 heterocycles. The molecule has 30 heavy (non-hydrogen) atoms. The Balaban J connectivity index is 1.93. The van der Waals surface area contributed by atoms with Crippen molar-refractivity contribution in [3.63, 3.8) is 0 Å². The van der Waals surface area contributed by atoms with Crippen molar-refractivity contribution in [3.05, 3.63) is 58.9 Å². The van der Waals surface area contributed by atoms with Crippen LogP contribution in [0.5, 0.6) is 0 Å². The highest BCUT2D eigenvalue weighted by atomic mass is 35.5. The molecule has 0 radical (unpaired) electrons. The normalized spacial score (nSPS) is 11.6. The van der Waals surface area contributed by atoms with Crippen LogP contribution in [0.15, 0.2) is 42.6 Å². The van der Waals surface area contributed by atoms with E-state index in [0.717, 1.165) is 0 Å². The zero-order valence-electron chi connectivity index (χ0n) is 17.0. The lowest BCUT2D eigenvalue weighted by Gasteiger charge is -2.19. The van der Waals surface area contributed by atoms with Gasteiger partial charge in [0.1, 0.15) is 11.7 Å². The van der Waals surface area contributed by atoms with E-state index >= 15 is 0 Å². The maximum absolute atomic E-state index is 12.4. The van der Waals surface area contributed by atoms with Crippen molar-refractivity contribution >= 4 is 35.3 Å². The van der Waals surface area contributed by atoms with Crippen molar-refractivity contribution in [1.82, 2.24) is 15.2 Å². The van der Waals surface area contributed by atoms with Crippen LogP contribution in [0, 0.1) is 5.92 Å². The van der Waals surface area contributed by atoms with Crippen molar-refractivity contribution in [3.8, 4) is 0 Å². The van der Waals surface area contributed by atoms with Gasteiger partial charge >= 0.3 is 5.97 Å². The molecule has 0 aliphatic heterocycles. The Morgan fingerprint density at radius 2 is 1.73 bits per heavy atom. The van der Waals surface area contributed by atoms with Gasteiger partial charge in [-0.25, -0.2) is 4.79 Å². The van der Waals surface area contributed by atoms with Crippen LogP contribution in [0.25, 0.3) is 0 Å². The lowest BCUT2D eigenvalue weighted by Crippen LogP contribution is -2.44. The quantitative estimate of drug-likeness (QED) is 0.621. The Morgan fingerprint density at radius 3 is 2.30 bits per heavy atom. The molecule has 8 nitrogen and oxygen atoms in total. The van der Waals surface area contributed by atoms with Gasteiger partial charge in [-0.3, -0.25) is 19.7 Å². The van der Waals surface area contributed by atoms with Crippen molar-refractivity contribution in [2.45, 2.75) is 26.3 Å². The topological polar surface area (TPSA) is 106 Å². The Kier molecular flexibility index (Phi) is 8.17. The smallest absolute Gasteiger partial charge is 0.329 e. The number of ether oxygens (including phenoxy) is 1. The van der Waals surface area contributed by atoms with E-state index in [-0.39, 0.29) is 5.92 Å². The molecule has 2 rings (SSSR count). The number of aryl methyl sites for hydroxylation is 1. The molecular weight excluding hydrogens is 410 g/mol. The van der Waals surface area contributed by atoms with Gasteiger partial charge in [0.15, 0.2) is 6.61 Å². The fourth-order valence-electron chi connectivity index (χ4n) is 2.69. The highest BCUT2D eigenvalue weighted by Crippen LogP contribution is 2.11. The summed E-state index contributed by atoms with van der Waals surface area (Å²) >= 11 is 5.82. The highest BCUT2D eigenvalue weighted by molar-refractivity contribution is 6.30.